The number of fused-ring (bicyclic) bond motifs is 1. The highest BCUT2D eigenvalue weighted by Gasteiger charge is 2.30. The lowest BCUT2D eigenvalue weighted by molar-refractivity contribution is -0.137. The third kappa shape index (κ3) is 2.63. The zero-order valence-electron chi connectivity index (χ0n) is 10.9. The number of benzene rings is 1. The van der Waals surface area contributed by atoms with E-state index in [-0.39, 0.29) is 5.65 Å². The van der Waals surface area contributed by atoms with Crippen LogP contribution < -0.4 is 5.73 Å². The predicted molar refractivity (Wildman–Crippen MR) is 76.0 cm³/mol. The van der Waals surface area contributed by atoms with E-state index in [4.69, 9.17) is 5.73 Å². The van der Waals surface area contributed by atoms with Crippen LogP contribution in [-0.4, -0.2) is 15.3 Å². The van der Waals surface area contributed by atoms with Gasteiger partial charge in [0.25, 0.3) is 0 Å². The summed E-state index contributed by atoms with van der Waals surface area (Å²) in [4.78, 5) is 4.14. The topological polar surface area (TPSA) is 77.8 Å². The fraction of sp³-hybridized carbons (Fsp3) is 0.154. The van der Waals surface area contributed by atoms with E-state index < -0.39 is 11.7 Å². The smallest absolute Gasteiger partial charge is 0.396 e. The summed E-state index contributed by atoms with van der Waals surface area (Å²) in [6, 6.07) is 4.87. The molecular formula is C13H8BrF3N4O. The fourth-order valence-corrected chi connectivity index (χ4v) is 2.55. The molecule has 114 valence electrons. The van der Waals surface area contributed by atoms with Crippen LogP contribution in [0.25, 0.3) is 11.2 Å². The third-order valence-corrected chi connectivity index (χ3v) is 3.82. The largest absolute Gasteiger partial charge is 0.416 e. The van der Waals surface area contributed by atoms with Crippen molar-refractivity contribution in [2.24, 2.45) is 0 Å². The van der Waals surface area contributed by atoms with Crippen molar-refractivity contribution in [3.05, 3.63) is 45.6 Å². The number of nitrogens with zero attached hydrogens (tertiary/aromatic N) is 3. The van der Waals surface area contributed by atoms with Crippen molar-refractivity contribution in [2.75, 3.05) is 5.73 Å². The van der Waals surface area contributed by atoms with E-state index in [0.717, 1.165) is 12.1 Å². The van der Waals surface area contributed by atoms with E-state index in [1.54, 1.807) is 0 Å². The first-order chi connectivity index (χ1) is 10.4. The van der Waals surface area contributed by atoms with Crippen molar-refractivity contribution in [3.63, 3.8) is 0 Å². The highest BCUT2D eigenvalue weighted by atomic mass is 79.9. The third-order valence-electron chi connectivity index (χ3n) is 3.17. The molecule has 22 heavy (non-hydrogen) atoms. The minimum atomic E-state index is -4.36. The molecule has 3 aromatic rings. The fourth-order valence-electron chi connectivity index (χ4n) is 2.03. The van der Waals surface area contributed by atoms with Crippen LogP contribution in [0.2, 0.25) is 0 Å². The lowest BCUT2D eigenvalue weighted by Gasteiger charge is -2.10. The maximum Gasteiger partial charge on any atom is 0.416 e. The van der Waals surface area contributed by atoms with Crippen LogP contribution in [-0.2, 0) is 12.6 Å². The molecule has 3 rings (SSSR count). The first-order valence-corrected chi connectivity index (χ1v) is 6.88. The zero-order valence-corrected chi connectivity index (χ0v) is 12.4. The number of rotatable bonds is 2. The normalized spacial score (nSPS) is 12.0. The highest BCUT2D eigenvalue weighted by Crippen LogP contribution is 2.31. The van der Waals surface area contributed by atoms with Crippen molar-refractivity contribution >= 4 is 32.8 Å². The molecule has 0 unspecified atom stereocenters. The Kier molecular flexibility index (Phi) is 3.51. The molecule has 0 spiro atoms. The molecule has 0 fully saturated rings. The summed E-state index contributed by atoms with van der Waals surface area (Å²) in [6.07, 6.45) is -4.05. The van der Waals surface area contributed by atoms with Gasteiger partial charge in [-0.05, 0) is 43.9 Å². The molecule has 1 aromatic carbocycles. The Morgan fingerprint density at radius 3 is 2.45 bits per heavy atom. The minimum absolute atomic E-state index is 0.264. The molecular weight excluding hydrogens is 365 g/mol. The number of nitrogens with two attached hydrogens (primary N) is 1. The SMILES string of the molecule is Nc1c(Cc2ccc(C(F)(F)F)cc2)c(Br)nc2nonc12. The van der Waals surface area contributed by atoms with E-state index in [0.29, 0.717) is 33.4 Å². The van der Waals surface area contributed by atoms with Gasteiger partial charge < -0.3 is 5.73 Å². The second-order valence-electron chi connectivity index (χ2n) is 4.60. The quantitative estimate of drug-likeness (QED) is 0.695. The molecule has 0 saturated carbocycles. The number of hydrogen-bond donors (Lipinski definition) is 1. The Balaban J connectivity index is 1.96. The van der Waals surface area contributed by atoms with E-state index >= 15 is 0 Å². The number of nitrogen functional groups attached to an aromatic ring is 1. The Hall–Kier alpha value is -2.16. The van der Waals surface area contributed by atoms with Crippen LogP contribution in [0.1, 0.15) is 16.7 Å². The second-order valence-corrected chi connectivity index (χ2v) is 5.35. The Morgan fingerprint density at radius 1 is 1.14 bits per heavy atom. The number of hydrogen-bond acceptors (Lipinski definition) is 5. The number of halogens is 4. The monoisotopic (exact) mass is 372 g/mol. The molecule has 5 nitrogen and oxygen atoms in total. The van der Waals surface area contributed by atoms with Gasteiger partial charge in [-0.15, -0.1) is 0 Å². The average Bonchev–Trinajstić information content (AvgIpc) is 2.91. The number of aromatic nitrogens is 3. The van der Waals surface area contributed by atoms with Gasteiger partial charge in [0.1, 0.15) is 4.60 Å². The molecule has 0 aliphatic carbocycles. The Labute approximate surface area is 130 Å². The summed E-state index contributed by atoms with van der Waals surface area (Å²) in [5.41, 5.74) is 7.50. The van der Waals surface area contributed by atoms with E-state index in [1.165, 1.54) is 12.1 Å². The maximum absolute atomic E-state index is 12.6. The first kappa shape index (κ1) is 14.8. The zero-order chi connectivity index (χ0) is 15.9. The average molecular weight is 373 g/mol. The van der Waals surface area contributed by atoms with Crippen LogP contribution in [0.15, 0.2) is 33.5 Å². The molecule has 0 aliphatic rings. The van der Waals surface area contributed by atoms with Gasteiger partial charge in [-0.3, -0.25) is 0 Å². The molecule has 0 bridgehead atoms. The summed E-state index contributed by atoms with van der Waals surface area (Å²) in [7, 11) is 0. The van der Waals surface area contributed by atoms with Gasteiger partial charge in [0, 0.05) is 12.0 Å². The highest BCUT2D eigenvalue weighted by molar-refractivity contribution is 9.10. The summed E-state index contributed by atoms with van der Waals surface area (Å²) in [6.45, 7) is 0. The second kappa shape index (κ2) is 5.24. The summed E-state index contributed by atoms with van der Waals surface area (Å²) >= 11 is 3.28. The minimum Gasteiger partial charge on any atom is -0.396 e. The number of anilines is 1. The molecule has 0 radical (unpaired) electrons. The van der Waals surface area contributed by atoms with Crippen LogP contribution in [0.4, 0.5) is 18.9 Å². The van der Waals surface area contributed by atoms with Crippen LogP contribution in [0.5, 0.6) is 0 Å². The summed E-state index contributed by atoms with van der Waals surface area (Å²) < 4.78 is 42.7. The lowest BCUT2D eigenvalue weighted by Crippen LogP contribution is -2.05. The van der Waals surface area contributed by atoms with Crippen LogP contribution >= 0.6 is 15.9 Å². The van der Waals surface area contributed by atoms with Gasteiger partial charge in [-0.2, -0.15) is 13.2 Å². The standard InChI is InChI=1S/C13H8BrF3N4O/c14-11-8(9(18)10-12(19-11)21-22-20-10)5-6-1-3-7(4-2-6)13(15,16)17/h1-4H,5,18H2. The van der Waals surface area contributed by atoms with Gasteiger partial charge in [0.05, 0.1) is 11.3 Å². The van der Waals surface area contributed by atoms with Gasteiger partial charge in [-0.25, -0.2) is 9.61 Å². The Bertz CT molecular complexity index is 830. The van der Waals surface area contributed by atoms with Gasteiger partial charge in [0.2, 0.25) is 5.65 Å². The number of pyridine rings is 1. The molecule has 0 atom stereocenters. The summed E-state index contributed by atoms with van der Waals surface area (Å²) in [5.74, 6) is 0. The maximum atomic E-state index is 12.6. The summed E-state index contributed by atoms with van der Waals surface area (Å²) in [5, 5.41) is 7.26. The van der Waals surface area contributed by atoms with E-state index in [1.807, 2.05) is 0 Å². The van der Waals surface area contributed by atoms with E-state index in [2.05, 4.69) is 35.9 Å². The van der Waals surface area contributed by atoms with Gasteiger partial charge in [0.15, 0.2) is 5.52 Å². The van der Waals surface area contributed by atoms with Crippen molar-refractivity contribution in [3.8, 4) is 0 Å². The van der Waals surface area contributed by atoms with Crippen molar-refractivity contribution < 1.29 is 17.8 Å². The van der Waals surface area contributed by atoms with Crippen molar-refractivity contribution in [1.29, 1.82) is 0 Å². The molecule has 2 heterocycles. The first-order valence-electron chi connectivity index (χ1n) is 6.08. The molecule has 9 heteroatoms. The van der Waals surface area contributed by atoms with Crippen molar-refractivity contribution in [1.82, 2.24) is 15.3 Å². The van der Waals surface area contributed by atoms with Crippen molar-refractivity contribution in [2.45, 2.75) is 12.6 Å². The van der Waals surface area contributed by atoms with Gasteiger partial charge in [-0.1, -0.05) is 12.1 Å². The number of alkyl halides is 3. The molecule has 0 amide bonds. The van der Waals surface area contributed by atoms with Crippen LogP contribution in [0.3, 0.4) is 0 Å². The molecule has 2 aromatic heterocycles. The van der Waals surface area contributed by atoms with E-state index in [9.17, 15) is 13.2 Å². The molecule has 0 aliphatic heterocycles. The lowest BCUT2D eigenvalue weighted by atomic mass is 10.0. The Morgan fingerprint density at radius 2 is 1.82 bits per heavy atom. The molecule has 0 saturated heterocycles. The van der Waals surface area contributed by atoms with Gasteiger partial charge >= 0.3 is 6.18 Å². The van der Waals surface area contributed by atoms with Crippen LogP contribution in [0, 0.1) is 0 Å². The predicted octanol–water partition coefficient (Wildman–Crippen LogP) is 3.57. The molecule has 2 N–H and O–H groups in total.